The van der Waals surface area contributed by atoms with Crippen molar-refractivity contribution in [2.24, 2.45) is 0 Å². The van der Waals surface area contributed by atoms with E-state index >= 15 is 0 Å². The molecule has 0 unspecified atom stereocenters. The molecule has 2 N–H and O–H groups in total. The van der Waals surface area contributed by atoms with Crippen molar-refractivity contribution in [3.63, 3.8) is 0 Å². The first-order chi connectivity index (χ1) is 8.36. The molecule has 0 aliphatic rings. The molecule has 0 atom stereocenters. The van der Waals surface area contributed by atoms with E-state index in [0.717, 1.165) is 6.92 Å². The summed E-state index contributed by atoms with van der Waals surface area (Å²) in [4.78, 5) is 22.4. The molecule has 6 heteroatoms. The molecule has 0 saturated heterocycles. The Bertz CT molecular complexity index is 443. The minimum Gasteiger partial charge on any atom is -0.497 e. The molecule has 0 amide bonds. The Hall–Kier alpha value is -2.24. The highest BCUT2D eigenvalue weighted by Crippen LogP contribution is 2.32. The number of rotatable bonds is 5. The molecule has 0 aliphatic heterocycles. The van der Waals surface area contributed by atoms with Crippen LogP contribution in [0, 0.1) is 0 Å². The average molecular weight is 254 g/mol. The van der Waals surface area contributed by atoms with Crippen molar-refractivity contribution in [1.82, 2.24) is 0 Å². The Balaban J connectivity index is 3.46. The molecular weight excluding hydrogens is 240 g/mol. The average Bonchev–Trinajstić information content (AvgIpc) is 2.36. The van der Waals surface area contributed by atoms with Gasteiger partial charge in [-0.1, -0.05) is 0 Å². The summed E-state index contributed by atoms with van der Waals surface area (Å²) in [6.07, 6.45) is 0. The molecule has 0 fully saturated rings. The van der Waals surface area contributed by atoms with E-state index in [0.29, 0.717) is 11.5 Å². The zero-order valence-corrected chi connectivity index (χ0v) is 10.3. The van der Waals surface area contributed by atoms with Gasteiger partial charge in [-0.05, 0) is 24.6 Å². The van der Waals surface area contributed by atoms with Crippen LogP contribution < -0.4 is 9.47 Å². The van der Waals surface area contributed by atoms with Gasteiger partial charge in [0.15, 0.2) is 5.41 Å². The van der Waals surface area contributed by atoms with Crippen LogP contribution in [0.1, 0.15) is 12.5 Å². The van der Waals surface area contributed by atoms with Gasteiger partial charge in [0.2, 0.25) is 0 Å². The molecule has 0 saturated carbocycles. The molecule has 6 nitrogen and oxygen atoms in total. The van der Waals surface area contributed by atoms with Crippen LogP contribution in [-0.4, -0.2) is 36.4 Å². The van der Waals surface area contributed by atoms with E-state index < -0.39 is 17.4 Å². The van der Waals surface area contributed by atoms with Gasteiger partial charge in [0, 0.05) is 6.07 Å². The van der Waals surface area contributed by atoms with Crippen molar-refractivity contribution in [3.05, 3.63) is 23.8 Å². The van der Waals surface area contributed by atoms with Gasteiger partial charge in [0.25, 0.3) is 0 Å². The highest BCUT2D eigenvalue weighted by Gasteiger charge is 2.44. The summed E-state index contributed by atoms with van der Waals surface area (Å²) in [7, 11) is 2.80. The van der Waals surface area contributed by atoms with Gasteiger partial charge in [-0.3, -0.25) is 9.59 Å². The van der Waals surface area contributed by atoms with E-state index in [2.05, 4.69) is 0 Å². The fourth-order valence-electron chi connectivity index (χ4n) is 1.43. The predicted molar refractivity (Wildman–Crippen MR) is 62.2 cm³/mol. The highest BCUT2D eigenvalue weighted by atomic mass is 16.5. The van der Waals surface area contributed by atoms with Crippen molar-refractivity contribution in [3.8, 4) is 11.5 Å². The standard InChI is InChI=1S/C12H14O6/c1-12(10(13)14,11(15)16)7-4-8(17-2)6-9(5-7)18-3/h4-6H,1-3H3,(H,13,14)(H,15,16). The monoisotopic (exact) mass is 254 g/mol. The molecule has 0 radical (unpaired) electrons. The highest BCUT2D eigenvalue weighted by molar-refractivity contribution is 6.04. The Labute approximate surface area is 104 Å². The van der Waals surface area contributed by atoms with Crippen LogP contribution in [0.2, 0.25) is 0 Å². The second-order valence-corrected chi connectivity index (χ2v) is 3.84. The van der Waals surface area contributed by atoms with Crippen molar-refractivity contribution in [2.75, 3.05) is 14.2 Å². The van der Waals surface area contributed by atoms with E-state index in [4.69, 9.17) is 19.7 Å². The van der Waals surface area contributed by atoms with E-state index in [9.17, 15) is 9.59 Å². The lowest BCUT2D eigenvalue weighted by atomic mass is 9.82. The second-order valence-electron chi connectivity index (χ2n) is 3.84. The van der Waals surface area contributed by atoms with Gasteiger partial charge >= 0.3 is 11.9 Å². The zero-order valence-electron chi connectivity index (χ0n) is 10.3. The van der Waals surface area contributed by atoms with Crippen molar-refractivity contribution >= 4 is 11.9 Å². The van der Waals surface area contributed by atoms with Crippen molar-refractivity contribution in [2.45, 2.75) is 12.3 Å². The third-order valence-corrected chi connectivity index (χ3v) is 2.78. The Morgan fingerprint density at radius 3 is 1.67 bits per heavy atom. The maximum absolute atomic E-state index is 11.2. The maximum Gasteiger partial charge on any atom is 0.325 e. The lowest BCUT2D eigenvalue weighted by Gasteiger charge is -2.21. The molecule has 1 aromatic carbocycles. The summed E-state index contributed by atoms with van der Waals surface area (Å²) >= 11 is 0. The summed E-state index contributed by atoms with van der Waals surface area (Å²) < 4.78 is 9.97. The molecule has 0 aliphatic carbocycles. The number of aliphatic carboxylic acids is 2. The van der Waals surface area contributed by atoms with Gasteiger partial charge in [-0.2, -0.15) is 0 Å². The van der Waals surface area contributed by atoms with Crippen molar-refractivity contribution in [1.29, 1.82) is 0 Å². The van der Waals surface area contributed by atoms with E-state index in [1.807, 2.05) is 0 Å². The van der Waals surface area contributed by atoms with Crippen LogP contribution >= 0.6 is 0 Å². The van der Waals surface area contributed by atoms with Gasteiger partial charge in [0.1, 0.15) is 11.5 Å². The Kier molecular flexibility index (Phi) is 3.80. The lowest BCUT2D eigenvalue weighted by molar-refractivity contribution is -0.156. The van der Waals surface area contributed by atoms with Gasteiger partial charge in [-0.25, -0.2) is 0 Å². The number of hydrogen-bond donors (Lipinski definition) is 2. The number of hydrogen-bond acceptors (Lipinski definition) is 4. The number of benzene rings is 1. The van der Waals surface area contributed by atoms with Gasteiger partial charge in [0.05, 0.1) is 14.2 Å². The normalized spacial score (nSPS) is 10.8. The first kappa shape index (κ1) is 13.8. The van der Waals surface area contributed by atoms with Crippen LogP contribution in [0.4, 0.5) is 0 Å². The fourth-order valence-corrected chi connectivity index (χ4v) is 1.43. The zero-order chi connectivity index (χ0) is 13.9. The number of ether oxygens (including phenoxy) is 2. The maximum atomic E-state index is 11.2. The van der Waals surface area contributed by atoms with Gasteiger partial charge < -0.3 is 19.7 Å². The summed E-state index contributed by atoms with van der Waals surface area (Å²) in [5, 5.41) is 18.2. The Morgan fingerprint density at radius 2 is 1.39 bits per heavy atom. The van der Waals surface area contributed by atoms with Crippen molar-refractivity contribution < 1.29 is 29.3 Å². The number of methoxy groups -OCH3 is 2. The predicted octanol–water partition coefficient (Wildman–Crippen LogP) is 1.13. The molecule has 18 heavy (non-hydrogen) atoms. The molecule has 0 spiro atoms. The second kappa shape index (κ2) is 4.95. The minimum atomic E-state index is -2.05. The van der Waals surface area contributed by atoms with E-state index in [1.54, 1.807) is 0 Å². The molecule has 0 heterocycles. The lowest BCUT2D eigenvalue weighted by Crippen LogP contribution is -2.40. The fraction of sp³-hybridized carbons (Fsp3) is 0.333. The Morgan fingerprint density at radius 1 is 1.00 bits per heavy atom. The van der Waals surface area contributed by atoms with Crippen LogP contribution in [0.5, 0.6) is 11.5 Å². The van der Waals surface area contributed by atoms with Crippen LogP contribution in [0.15, 0.2) is 18.2 Å². The summed E-state index contributed by atoms with van der Waals surface area (Å²) in [5.41, 5.74) is -1.97. The molecule has 1 rings (SSSR count). The smallest absolute Gasteiger partial charge is 0.325 e. The first-order valence-electron chi connectivity index (χ1n) is 5.06. The minimum absolute atomic E-state index is 0.0821. The molecule has 1 aromatic rings. The van der Waals surface area contributed by atoms with Crippen LogP contribution in [0.25, 0.3) is 0 Å². The van der Waals surface area contributed by atoms with Crippen LogP contribution in [-0.2, 0) is 15.0 Å². The molecule has 0 bridgehead atoms. The first-order valence-corrected chi connectivity index (χ1v) is 5.06. The third-order valence-electron chi connectivity index (χ3n) is 2.78. The van der Waals surface area contributed by atoms with Crippen LogP contribution in [0.3, 0.4) is 0 Å². The SMILES string of the molecule is COc1cc(OC)cc(C(C)(C(=O)O)C(=O)O)c1. The van der Waals surface area contributed by atoms with E-state index in [1.165, 1.54) is 32.4 Å². The quantitative estimate of drug-likeness (QED) is 0.765. The summed E-state index contributed by atoms with van der Waals surface area (Å²) in [6, 6.07) is 4.27. The molecule has 0 aromatic heterocycles. The third kappa shape index (κ3) is 2.22. The molecular formula is C12H14O6. The van der Waals surface area contributed by atoms with Gasteiger partial charge in [-0.15, -0.1) is 0 Å². The van der Waals surface area contributed by atoms with E-state index in [-0.39, 0.29) is 5.56 Å². The largest absolute Gasteiger partial charge is 0.497 e. The topological polar surface area (TPSA) is 93.1 Å². The number of carbonyl (C=O) groups is 2. The number of carboxylic acids is 2. The summed E-state index contributed by atoms with van der Waals surface area (Å²) in [5.74, 6) is -2.24. The number of carboxylic acid groups (broad SMARTS) is 2. The molecule has 98 valence electrons. The summed E-state index contributed by atoms with van der Waals surface area (Å²) in [6.45, 7) is 1.12.